The summed E-state index contributed by atoms with van der Waals surface area (Å²) in [5, 5.41) is 11.3. The van der Waals surface area contributed by atoms with Crippen LogP contribution >= 0.6 is 11.8 Å². The van der Waals surface area contributed by atoms with E-state index in [9.17, 15) is 9.59 Å². The van der Waals surface area contributed by atoms with Crippen molar-refractivity contribution in [2.45, 2.75) is 53.0 Å². The molecule has 0 radical (unpaired) electrons. The average Bonchev–Trinajstić information content (AvgIpc) is 3.30. The summed E-state index contributed by atoms with van der Waals surface area (Å²) < 4.78 is 0. The first-order chi connectivity index (χ1) is 19.7. The fraction of sp³-hybridized carbons (Fsp3) is 0.364. The summed E-state index contributed by atoms with van der Waals surface area (Å²) in [5.41, 5.74) is 6.58. The molecule has 0 bridgehead atoms. The zero-order valence-electron chi connectivity index (χ0n) is 25.2. The molecule has 0 saturated carbocycles. The van der Waals surface area contributed by atoms with Crippen molar-refractivity contribution in [3.63, 3.8) is 0 Å². The Bertz CT molecular complexity index is 1200. The van der Waals surface area contributed by atoms with Crippen LogP contribution in [0.15, 0.2) is 107 Å². The number of hydrogen-bond donors (Lipinski definition) is 2. The molecule has 1 fully saturated rings. The summed E-state index contributed by atoms with van der Waals surface area (Å²) >= 11 is 1.15. The first kappa shape index (κ1) is 35.2. The Morgan fingerprint density at radius 3 is 2.76 bits per heavy atom. The monoisotopic (exact) mass is 575 g/mol. The van der Waals surface area contributed by atoms with E-state index in [1.165, 1.54) is 0 Å². The van der Waals surface area contributed by atoms with Crippen molar-refractivity contribution in [1.82, 2.24) is 15.1 Å². The number of nitrogens with zero attached hydrogens (tertiary/aromatic N) is 3. The summed E-state index contributed by atoms with van der Waals surface area (Å²) in [6, 6.07) is -0.505. The normalized spacial score (nSPS) is 16.8. The van der Waals surface area contributed by atoms with E-state index in [-0.39, 0.29) is 29.3 Å². The molecule has 2 amide bonds. The molecule has 1 heterocycles. The van der Waals surface area contributed by atoms with Crippen molar-refractivity contribution in [2.75, 3.05) is 25.9 Å². The van der Waals surface area contributed by atoms with Crippen LogP contribution in [-0.4, -0.2) is 64.9 Å². The van der Waals surface area contributed by atoms with Gasteiger partial charge in [0.1, 0.15) is 6.04 Å². The standard InChI is InChI=1S/C28H35N5O2S.C5H10/c1-6-12-23(4)32(5)28(29)36-20-26(34)33-16-11-15-25(33)27(35)31-18-21(2)17-30-19-22(3)24-13-9-7-8-10-14-24;1-3-5-4-2/h6-9,12-14,17,19,25,29H,1-2,11,15-16,18,20H2,3-5H3,(H,31,35);3,5H,4H2,1-2H3/b22-19+,23-12+,29-28?,30-17?;5-3-/t25-;/m0./s1. The van der Waals surface area contributed by atoms with E-state index >= 15 is 0 Å². The molecular formula is C33H45N5O2S. The van der Waals surface area contributed by atoms with Gasteiger partial charge in [-0.15, -0.1) is 5.73 Å². The van der Waals surface area contributed by atoms with Gasteiger partial charge < -0.3 is 15.1 Å². The molecule has 0 aromatic carbocycles. The lowest BCUT2D eigenvalue weighted by molar-refractivity contribution is -0.136. The Balaban J connectivity index is 0.00000154. The maximum atomic E-state index is 12.8. The quantitative estimate of drug-likeness (QED) is 0.0969. The SMILES string of the molecule is C/C=C\CC.C=C/C=C(\C)N(C)C(=N)SCC(=O)N1CCC[C@H]1C(=O)NCC(=C)C=N/C=C(\C)C1=CC=CC=C=C1. The number of hydrogen-bond acceptors (Lipinski definition) is 5. The molecule has 1 saturated heterocycles. The van der Waals surface area contributed by atoms with Gasteiger partial charge in [0.2, 0.25) is 11.8 Å². The number of thioether (sulfide) groups is 1. The van der Waals surface area contributed by atoms with Crippen LogP contribution in [0.2, 0.25) is 0 Å². The second-order valence-corrected chi connectivity index (χ2v) is 10.3. The van der Waals surface area contributed by atoms with Crippen LogP contribution < -0.4 is 5.32 Å². The molecule has 8 heteroatoms. The minimum atomic E-state index is -0.505. The van der Waals surface area contributed by atoms with Crippen LogP contribution in [0.25, 0.3) is 0 Å². The molecule has 2 N–H and O–H groups in total. The van der Waals surface area contributed by atoms with E-state index in [2.05, 4.69) is 48.3 Å². The van der Waals surface area contributed by atoms with Crippen LogP contribution in [0.3, 0.4) is 0 Å². The third-order valence-electron chi connectivity index (χ3n) is 6.16. The van der Waals surface area contributed by atoms with Crippen LogP contribution in [-0.2, 0) is 9.59 Å². The Morgan fingerprint density at radius 1 is 1.34 bits per heavy atom. The first-order valence-corrected chi connectivity index (χ1v) is 14.7. The number of likely N-dealkylation sites (tertiary alicyclic amines) is 1. The van der Waals surface area contributed by atoms with E-state index in [1.54, 1.807) is 41.4 Å². The molecule has 2 aliphatic rings. The number of carbonyl (C=O) groups excluding carboxylic acids is 2. The van der Waals surface area contributed by atoms with E-state index in [0.29, 0.717) is 18.5 Å². The van der Waals surface area contributed by atoms with Gasteiger partial charge in [-0.3, -0.25) is 20.0 Å². The second kappa shape index (κ2) is 20.1. The molecule has 0 aromatic rings. The van der Waals surface area contributed by atoms with Crippen LogP contribution in [0.4, 0.5) is 0 Å². The summed E-state index contributed by atoms with van der Waals surface area (Å²) in [6.45, 7) is 16.4. The van der Waals surface area contributed by atoms with Crippen molar-refractivity contribution in [1.29, 1.82) is 5.41 Å². The molecule has 220 valence electrons. The van der Waals surface area contributed by atoms with Gasteiger partial charge in [0, 0.05) is 38.2 Å². The fourth-order valence-electron chi connectivity index (χ4n) is 3.72. The van der Waals surface area contributed by atoms with E-state index in [1.807, 2.05) is 51.2 Å². The maximum Gasteiger partial charge on any atom is 0.243 e. The lowest BCUT2D eigenvalue weighted by Crippen LogP contribution is -2.47. The van der Waals surface area contributed by atoms with Crippen molar-refractivity contribution < 1.29 is 9.59 Å². The predicted octanol–water partition coefficient (Wildman–Crippen LogP) is 6.49. The maximum absolute atomic E-state index is 12.8. The van der Waals surface area contributed by atoms with Gasteiger partial charge in [-0.1, -0.05) is 68.3 Å². The summed E-state index contributed by atoms with van der Waals surface area (Å²) in [4.78, 5) is 33.2. The molecule has 7 nitrogen and oxygen atoms in total. The number of rotatable bonds is 11. The number of allylic oxidation sites excluding steroid dienone is 11. The van der Waals surface area contributed by atoms with Gasteiger partial charge >= 0.3 is 0 Å². The van der Waals surface area contributed by atoms with Crippen molar-refractivity contribution >= 4 is 35.0 Å². The zero-order valence-corrected chi connectivity index (χ0v) is 26.0. The number of amides is 2. The summed E-state index contributed by atoms with van der Waals surface area (Å²) in [6.07, 6.45) is 23.1. The Morgan fingerprint density at radius 2 is 2.10 bits per heavy atom. The summed E-state index contributed by atoms with van der Waals surface area (Å²) in [5.74, 6) is -0.235. The van der Waals surface area contributed by atoms with Crippen molar-refractivity contribution in [2.24, 2.45) is 4.99 Å². The van der Waals surface area contributed by atoms with E-state index < -0.39 is 6.04 Å². The zero-order chi connectivity index (χ0) is 30.6. The number of aliphatic imine (C=N–C) groups is 1. The second-order valence-electron chi connectivity index (χ2n) is 9.37. The lowest BCUT2D eigenvalue weighted by Gasteiger charge is -2.25. The predicted molar refractivity (Wildman–Crippen MR) is 176 cm³/mol. The number of nitrogens with one attached hydrogen (secondary N) is 2. The summed E-state index contributed by atoms with van der Waals surface area (Å²) in [7, 11) is 1.77. The highest BCUT2D eigenvalue weighted by Crippen LogP contribution is 2.20. The van der Waals surface area contributed by atoms with Crippen LogP contribution in [0.1, 0.15) is 47.0 Å². The van der Waals surface area contributed by atoms with Gasteiger partial charge in [0.25, 0.3) is 0 Å². The Labute approximate surface area is 250 Å². The molecule has 0 aromatic heterocycles. The van der Waals surface area contributed by atoms with Crippen LogP contribution in [0.5, 0.6) is 0 Å². The minimum Gasteiger partial charge on any atom is -0.350 e. The molecule has 0 spiro atoms. The largest absolute Gasteiger partial charge is 0.350 e. The Hall–Kier alpha value is -3.87. The molecule has 1 aliphatic carbocycles. The van der Waals surface area contributed by atoms with E-state index in [4.69, 9.17) is 5.41 Å². The molecule has 1 atom stereocenters. The Kier molecular flexibility index (Phi) is 17.2. The number of amidine groups is 1. The van der Waals surface area contributed by atoms with Gasteiger partial charge in [-0.2, -0.15) is 0 Å². The smallest absolute Gasteiger partial charge is 0.243 e. The average molecular weight is 576 g/mol. The first-order valence-electron chi connectivity index (χ1n) is 13.8. The number of carbonyl (C=O) groups is 2. The van der Waals surface area contributed by atoms with Gasteiger partial charge in [0.15, 0.2) is 5.17 Å². The highest BCUT2D eigenvalue weighted by Gasteiger charge is 2.33. The fourth-order valence-corrected chi connectivity index (χ4v) is 4.48. The molecular weight excluding hydrogens is 530 g/mol. The van der Waals surface area contributed by atoms with Gasteiger partial charge in [0.05, 0.1) is 5.75 Å². The van der Waals surface area contributed by atoms with Crippen LogP contribution in [0, 0.1) is 5.41 Å². The molecule has 2 rings (SSSR count). The third-order valence-corrected chi connectivity index (χ3v) is 7.10. The topological polar surface area (TPSA) is 88.9 Å². The van der Waals surface area contributed by atoms with E-state index in [0.717, 1.165) is 41.4 Å². The third kappa shape index (κ3) is 13.4. The molecule has 41 heavy (non-hydrogen) atoms. The van der Waals surface area contributed by atoms with Gasteiger partial charge in [-0.25, -0.2) is 0 Å². The van der Waals surface area contributed by atoms with Crippen molar-refractivity contribution in [3.8, 4) is 0 Å². The van der Waals surface area contributed by atoms with Gasteiger partial charge in [-0.05, 0) is 75.0 Å². The minimum absolute atomic E-state index is 0.108. The lowest BCUT2D eigenvalue weighted by atomic mass is 10.1. The molecule has 0 unspecified atom stereocenters. The highest BCUT2D eigenvalue weighted by molar-refractivity contribution is 8.14. The molecule has 1 aliphatic heterocycles. The highest BCUT2D eigenvalue weighted by atomic mass is 32.2. The van der Waals surface area contributed by atoms with Crippen molar-refractivity contribution in [3.05, 3.63) is 102 Å².